The third kappa shape index (κ3) is 5.83. The van der Waals surface area contributed by atoms with E-state index in [-0.39, 0.29) is 16.6 Å². The minimum absolute atomic E-state index is 0.0503. The molecule has 1 saturated heterocycles. The summed E-state index contributed by atoms with van der Waals surface area (Å²) in [6, 6.07) is 21.4. The van der Waals surface area contributed by atoms with Gasteiger partial charge >= 0.3 is 0 Å². The van der Waals surface area contributed by atoms with Gasteiger partial charge in [0.05, 0.1) is 30.6 Å². The number of hydrogen-bond acceptors (Lipinski definition) is 8. The monoisotopic (exact) mass is 579 g/mol. The number of thioether (sulfide) groups is 1. The Bertz CT molecular complexity index is 1600. The van der Waals surface area contributed by atoms with Crippen LogP contribution in [0.2, 0.25) is 0 Å². The Labute approximate surface area is 237 Å². The van der Waals surface area contributed by atoms with E-state index in [4.69, 9.17) is 9.47 Å². The number of rotatable bonds is 10. The van der Waals surface area contributed by atoms with E-state index >= 15 is 0 Å². The lowest BCUT2D eigenvalue weighted by Gasteiger charge is -2.16. The van der Waals surface area contributed by atoms with Crippen LogP contribution in [0.5, 0.6) is 11.5 Å². The molecule has 0 aliphatic carbocycles. The van der Waals surface area contributed by atoms with Crippen LogP contribution >= 0.6 is 11.8 Å². The van der Waals surface area contributed by atoms with Crippen LogP contribution in [0.3, 0.4) is 0 Å². The number of aromatic nitrogens is 3. The normalized spacial score (nSPS) is 13.8. The maximum atomic E-state index is 13.2. The van der Waals surface area contributed by atoms with E-state index < -0.39 is 10.0 Å². The van der Waals surface area contributed by atoms with Crippen molar-refractivity contribution < 1.29 is 22.7 Å². The highest BCUT2D eigenvalue weighted by atomic mass is 32.2. The van der Waals surface area contributed by atoms with E-state index in [2.05, 4.69) is 15.5 Å². The lowest BCUT2D eigenvalue weighted by molar-refractivity contribution is -0.113. The van der Waals surface area contributed by atoms with Crippen molar-refractivity contribution >= 4 is 33.4 Å². The van der Waals surface area contributed by atoms with Gasteiger partial charge in [0.25, 0.3) is 0 Å². The highest BCUT2D eigenvalue weighted by Gasteiger charge is 2.28. The summed E-state index contributed by atoms with van der Waals surface area (Å²) in [6.07, 6.45) is 1.72. The molecule has 1 amide bonds. The highest BCUT2D eigenvalue weighted by Crippen LogP contribution is 2.32. The molecule has 0 spiro atoms. The first-order valence-electron chi connectivity index (χ1n) is 12.7. The number of anilines is 1. The molecule has 0 saturated carbocycles. The second-order valence-corrected chi connectivity index (χ2v) is 11.9. The maximum Gasteiger partial charge on any atom is 0.243 e. The van der Waals surface area contributed by atoms with Crippen molar-refractivity contribution in [3.8, 4) is 28.6 Å². The number of para-hydroxylation sites is 1. The first-order valence-corrected chi connectivity index (χ1v) is 15.1. The molecule has 0 unspecified atom stereocenters. The molecule has 1 fully saturated rings. The number of amides is 1. The molecule has 12 heteroatoms. The van der Waals surface area contributed by atoms with Crippen molar-refractivity contribution in [1.82, 2.24) is 19.1 Å². The fourth-order valence-electron chi connectivity index (χ4n) is 4.46. The number of nitrogens with zero attached hydrogens (tertiary/aromatic N) is 4. The average Bonchev–Trinajstić information content (AvgIpc) is 3.68. The van der Waals surface area contributed by atoms with Gasteiger partial charge in [-0.2, -0.15) is 4.31 Å². The second-order valence-electron chi connectivity index (χ2n) is 9.02. The summed E-state index contributed by atoms with van der Waals surface area (Å²) in [5.41, 5.74) is 1.88. The van der Waals surface area contributed by atoms with Crippen molar-refractivity contribution in [3.63, 3.8) is 0 Å². The van der Waals surface area contributed by atoms with E-state index in [0.29, 0.717) is 46.8 Å². The van der Waals surface area contributed by atoms with Gasteiger partial charge in [-0.05, 0) is 49.2 Å². The second kappa shape index (κ2) is 12.1. The molecule has 3 aromatic carbocycles. The van der Waals surface area contributed by atoms with Crippen LogP contribution in [0.1, 0.15) is 12.8 Å². The summed E-state index contributed by atoms with van der Waals surface area (Å²) in [4.78, 5) is 13.1. The summed E-state index contributed by atoms with van der Waals surface area (Å²) in [5.74, 6) is 1.36. The zero-order valence-corrected chi connectivity index (χ0v) is 23.7. The van der Waals surface area contributed by atoms with E-state index in [1.54, 1.807) is 43.5 Å². The SMILES string of the molecule is COc1ccc(OC)c(NC(=O)CSc2nnc(-c3cccc(S(=O)(=O)N4CCCC4)c3)n2-c2ccccc2)c1. The number of hydrogen-bond donors (Lipinski definition) is 1. The molecule has 10 nitrogen and oxygen atoms in total. The molecular formula is C28H29N5O5S2. The molecule has 1 N–H and O–H groups in total. The Morgan fingerprint density at radius 1 is 0.950 bits per heavy atom. The number of carbonyl (C=O) groups excluding carboxylic acids is 1. The number of ether oxygens (including phenoxy) is 2. The predicted octanol–water partition coefficient (Wildman–Crippen LogP) is 4.47. The fraction of sp³-hybridized carbons (Fsp3) is 0.250. The van der Waals surface area contributed by atoms with Gasteiger partial charge in [-0.1, -0.05) is 42.1 Å². The largest absolute Gasteiger partial charge is 0.497 e. The molecule has 40 heavy (non-hydrogen) atoms. The molecule has 208 valence electrons. The minimum atomic E-state index is -3.60. The van der Waals surface area contributed by atoms with Crippen LogP contribution in [0.15, 0.2) is 82.8 Å². The van der Waals surface area contributed by atoms with Gasteiger partial charge in [0.15, 0.2) is 11.0 Å². The fourth-order valence-corrected chi connectivity index (χ4v) is 6.78. The number of methoxy groups -OCH3 is 2. The number of sulfonamides is 1. The molecule has 4 aromatic rings. The van der Waals surface area contributed by atoms with Crippen molar-refractivity contribution in [2.75, 3.05) is 38.4 Å². The summed E-state index contributed by atoms with van der Waals surface area (Å²) in [7, 11) is -0.524. The quantitative estimate of drug-likeness (QED) is 0.274. The van der Waals surface area contributed by atoms with E-state index in [1.807, 2.05) is 41.0 Å². The first-order chi connectivity index (χ1) is 19.4. The Balaban J connectivity index is 1.43. The van der Waals surface area contributed by atoms with E-state index in [1.165, 1.54) is 23.2 Å². The van der Waals surface area contributed by atoms with Crippen molar-refractivity contribution in [2.45, 2.75) is 22.9 Å². The molecule has 0 radical (unpaired) electrons. The Hall–Kier alpha value is -3.87. The Morgan fingerprint density at radius 2 is 1.73 bits per heavy atom. The lowest BCUT2D eigenvalue weighted by atomic mass is 10.2. The van der Waals surface area contributed by atoms with Crippen LogP contribution in [0, 0.1) is 0 Å². The van der Waals surface area contributed by atoms with E-state index in [9.17, 15) is 13.2 Å². The molecule has 2 heterocycles. The van der Waals surface area contributed by atoms with Gasteiger partial charge < -0.3 is 14.8 Å². The topological polar surface area (TPSA) is 116 Å². The van der Waals surface area contributed by atoms with Crippen LogP contribution in [-0.2, 0) is 14.8 Å². The van der Waals surface area contributed by atoms with Crippen LogP contribution in [0.25, 0.3) is 17.1 Å². The Kier molecular flexibility index (Phi) is 8.38. The molecule has 1 aliphatic rings. The van der Waals surface area contributed by atoms with E-state index in [0.717, 1.165) is 18.5 Å². The third-order valence-electron chi connectivity index (χ3n) is 6.46. The number of carbonyl (C=O) groups is 1. The minimum Gasteiger partial charge on any atom is -0.497 e. The summed E-state index contributed by atoms with van der Waals surface area (Å²) in [6.45, 7) is 1.05. The summed E-state index contributed by atoms with van der Waals surface area (Å²) >= 11 is 1.22. The van der Waals surface area contributed by atoms with Gasteiger partial charge in [0, 0.05) is 30.4 Å². The molecule has 0 atom stereocenters. The number of nitrogens with one attached hydrogen (secondary N) is 1. The van der Waals surface area contributed by atoms with Crippen molar-refractivity contribution in [2.24, 2.45) is 0 Å². The lowest BCUT2D eigenvalue weighted by Crippen LogP contribution is -2.27. The zero-order valence-electron chi connectivity index (χ0n) is 22.1. The smallest absolute Gasteiger partial charge is 0.243 e. The van der Waals surface area contributed by atoms with Crippen LogP contribution in [0.4, 0.5) is 5.69 Å². The molecule has 1 aliphatic heterocycles. The van der Waals surface area contributed by atoms with Gasteiger partial charge in [-0.25, -0.2) is 8.42 Å². The van der Waals surface area contributed by atoms with Gasteiger partial charge in [0.1, 0.15) is 11.5 Å². The first kappa shape index (κ1) is 27.7. The average molecular weight is 580 g/mol. The highest BCUT2D eigenvalue weighted by molar-refractivity contribution is 7.99. The third-order valence-corrected chi connectivity index (χ3v) is 9.28. The molecular weight excluding hydrogens is 550 g/mol. The zero-order chi connectivity index (χ0) is 28.1. The van der Waals surface area contributed by atoms with Crippen molar-refractivity contribution in [3.05, 3.63) is 72.8 Å². The summed E-state index contributed by atoms with van der Waals surface area (Å²) < 4.78 is 40.4. The maximum absolute atomic E-state index is 13.2. The van der Waals surface area contributed by atoms with Gasteiger partial charge in [-0.15, -0.1) is 10.2 Å². The predicted molar refractivity (Wildman–Crippen MR) is 154 cm³/mol. The molecule has 0 bridgehead atoms. The van der Waals surface area contributed by atoms with Crippen LogP contribution < -0.4 is 14.8 Å². The molecule has 1 aromatic heterocycles. The summed E-state index contributed by atoms with van der Waals surface area (Å²) in [5, 5.41) is 12.1. The number of benzene rings is 3. The Morgan fingerprint density at radius 3 is 2.45 bits per heavy atom. The van der Waals surface area contributed by atoms with Gasteiger partial charge in [0.2, 0.25) is 15.9 Å². The standard InChI is InChI=1S/C28H29N5O5S2/c1-37-22-13-14-25(38-2)24(18-22)29-26(34)19-39-28-31-30-27(33(28)21-10-4-3-5-11-21)20-9-8-12-23(17-20)40(35,36)32-15-6-7-16-32/h3-5,8-14,17-18H,6-7,15-16,19H2,1-2H3,(H,29,34). The molecule has 5 rings (SSSR count). The van der Waals surface area contributed by atoms with Crippen molar-refractivity contribution in [1.29, 1.82) is 0 Å². The van der Waals surface area contributed by atoms with Gasteiger partial charge in [-0.3, -0.25) is 9.36 Å². The van der Waals surface area contributed by atoms with Crippen LogP contribution in [-0.4, -0.2) is 66.5 Å².